The van der Waals surface area contributed by atoms with Crippen LogP contribution in [0.25, 0.3) is 0 Å². The lowest BCUT2D eigenvalue weighted by atomic mass is 9.55. The largest absolute Gasteiger partial charge is 0.393 e. The smallest absolute Gasteiger partial charge is 0.145 e. The average molecular weight is 252 g/mol. The molecule has 0 amide bonds. The highest BCUT2D eigenvalue weighted by Gasteiger charge is 2.56. The van der Waals surface area contributed by atoms with Gasteiger partial charge in [0.1, 0.15) is 6.29 Å². The summed E-state index contributed by atoms with van der Waals surface area (Å²) in [6.07, 6.45) is 2.40. The van der Waals surface area contributed by atoms with Crippen LogP contribution in [0, 0.1) is 16.7 Å². The zero-order chi connectivity index (χ0) is 13.7. The van der Waals surface area contributed by atoms with Gasteiger partial charge in [-0.2, -0.15) is 0 Å². The molecular formula is C15H24O3. The van der Waals surface area contributed by atoms with Crippen LogP contribution in [0.15, 0.2) is 11.1 Å². The average Bonchev–Trinajstić information content (AvgIpc) is 2.51. The molecule has 0 aromatic heterocycles. The lowest BCUT2D eigenvalue weighted by Crippen LogP contribution is -2.50. The van der Waals surface area contributed by atoms with Crippen LogP contribution in [0.5, 0.6) is 0 Å². The van der Waals surface area contributed by atoms with E-state index in [9.17, 15) is 15.0 Å². The van der Waals surface area contributed by atoms with E-state index >= 15 is 0 Å². The monoisotopic (exact) mass is 252 g/mol. The predicted molar refractivity (Wildman–Crippen MR) is 70.0 cm³/mol. The molecule has 3 nitrogen and oxygen atoms in total. The third-order valence-electron chi connectivity index (χ3n) is 4.98. The third kappa shape index (κ3) is 1.94. The number of rotatable bonds is 2. The number of aliphatic hydroxyl groups excluding tert-OH is 2. The van der Waals surface area contributed by atoms with Gasteiger partial charge in [-0.05, 0) is 54.1 Å². The normalized spacial score (nSPS) is 45.6. The lowest BCUT2D eigenvalue weighted by Gasteiger charge is -2.51. The van der Waals surface area contributed by atoms with Crippen LogP contribution >= 0.6 is 0 Å². The van der Waals surface area contributed by atoms with Gasteiger partial charge in [-0.25, -0.2) is 0 Å². The maximum atomic E-state index is 11.0. The van der Waals surface area contributed by atoms with Gasteiger partial charge in [0.15, 0.2) is 0 Å². The molecule has 2 saturated carbocycles. The molecule has 0 saturated heterocycles. The topological polar surface area (TPSA) is 57.5 Å². The summed E-state index contributed by atoms with van der Waals surface area (Å²) in [5, 5.41) is 20.2. The van der Waals surface area contributed by atoms with Gasteiger partial charge in [-0.15, -0.1) is 0 Å². The molecule has 2 rings (SSSR count). The Morgan fingerprint density at radius 3 is 2.22 bits per heavy atom. The number of carbonyl (C=O) groups is 1. The molecule has 2 N–H and O–H groups in total. The van der Waals surface area contributed by atoms with E-state index in [-0.39, 0.29) is 22.9 Å². The molecule has 4 atom stereocenters. The van der Waals surface area contributed by atoms with Crippen LogP contribution in [0.1, 0.15) is 47.0 Å². The molecule has 2 aliphatic carbocycles. The Balaban J connectivity index is 2.31. The fourth-order valence-electron chi connectivity index (χ4n) is 4.16. The Bertz CT molecular complexity index is 397. The first kappa shape index (κ1) is 13.8. The van der Waals surface area contributed by atoms with Crippen molar-refractivity contribution >= 4 is 6.29 Å². The third-order valence-corrected chi connectivity index (χ3v) is 4.98. The summed E-state index contributed by atoms with van der Waals surface area (Å²) < 4.78 is 0. The molecule has 2 fully saturated rings. The minimum Gasteiger partial charge on any atom is -0.393 e. The molecule has 0 heterocycles. The van der Waals surface area contributed by atoms with Gasteiger partial charge in [0.2, 0.25) is 0 Å². The van der Waals surface area contributed by atoms with E-state index in [4.69, 9.17) is 0 Å². The summed E-state index contributed by atoms with van der Waals surface area (Å²) >= 11 is 0. The summed E-state index contributed by atoms with van der Waals surface area (Å²) in [7, 11) is 0. The molecular weight excluding hydrogens is 228 g/mol. The zero-order valence-electron chi connectivity index (χ0n) is 11.7. The molecule has 18 heavy (non-hydrogen) atoms. The summed E-state index contributed by atoms with van der Waals surface area (Å²) in [5.74, 6) is 0.154. The van der Waals surface area contributed by atoms with Gasteiger partial charge >= 0.3 is 0 Å². The second-order valence-corrected chi connectivity index (χ2v) is 7.10. The van der Waals surface area contributed by atoms with Crippen molar-refractivity contribution in [2.24, 2.45) is 16.7 Å². The van der Waals surface area contributed by atoms with Crippen molar-refractivity contribution in [3.8, 4) is 0 Å². The Morgan fingerprint density at radius 2 is 1.83 bits per heavy atom. The first-order valence-electron chi connectivity index (χ1n) is 6.74. The molecule has 0 aromatic rings. The number of hydrogen-bond donors (Lipinski definition) is 2. The van der Waals surface area contributed by atoms with Gasteiger partial charge in [-0.1, -0.05) is 20.8 Å². The van der Waals surface area contributed by atoms with Crippen molar-refractivity contribution in [2.45, 2.75) is 59.2 Å². The highest BCUT2D eigenvalue weighted by Crippen LogP contribution is 2.59. The van der Waals surface area contributed by atoms with Gasteiger partial charge in [0, 0.05) is 0 Å². The molecule has 0 aromatic carbocycles. The standard InChI is InChI=1S/C15H24O3/c1-9(8-16)13-12(18)7-15(13,4)10-5-14(2,3)6-11(10)17/h8,10-12,17-18H,5-7H2,1-4H3/b13-9-/t10-,11-,12-,15+/m0/s1. The fraction of sp³-hybridized carbons (Fsp3) is 0.800. The van der Waals surface area contributed by atoms with Crippen molar-refractivity contribution < 1.29 is 15.0 Å². The summed E-state index contributed by atoms with van der Waals surface area (Å²) in [6.45, 7) is 8.18. The van der Waals surface area contributed by atoms with Crippen molar-refractivity contribution in [1.82, 2.24) is 0 Å². The Hall–Kier alpha value is -0.670. The second kappa shape index (κ2) is 4.17. The summed E-state index contributed by atoms with van der Waals surface area (Å²) in [6, 6.07) is 0. The molecule has 0 aliphatic heterocycles. The van der Waals surface area contributed by atoms with E-state index < -0.39 is 6.10 Å². The van der Waals surface area contributed by atoms with E-state index in [1.54, 1.807) is 6.92 Å². The maximum Gasteiger partial charge on any atom is 0.145 e. The van der Waals surface area contributed by atoms with Crippen molar-refractivity contribution in [1.29, 1.82) is 0 Å². The molecule has 0 bridgehead atoms. The first-order chi connectivity index (χ1) is 8.21. The second-order valence-electron chi connectivity index (χ2n) is 7.10. The number of aliphatic hydroxyl groups is 2. The molecule has 2 aliphatic rings. The SMILES string of the molecule is C/C(C=O)=C1\[C@@H](O)C[C@]1(C)[C@H]1CC(C)(C)C[C@@H]1O. The van der Waals surface area contributed by atoms with Crippen LogP contribution in [-0.2, 0) is 4.79 Å². The van der Waals surface area contributed by atoms with E-state index in [0.29, 0.717) is 12.0 Å². The Labute approximate surface area is 109 Å². The highest BCUT2D eigenvalue weighted by atomic mass is 16.3. The number of allylic oxidation sites excluding steroid dienone is 1. The summed E-state index contributed by atoms with van der Waals surface area (Å²) in [4.78, 5) is 11.0. The van der Waals surface area contributed by atoms with Crippen LogP contribution in [0.3, 0.4) is 0 Å². The highest BCUT2D eigenvalue weighted by molar-refractivity contribution is 5.75. The number of aldehydes is 1. The molecule has 0 radical (unpaired) electrons. The van der Waals surface area contributed by atoms with Gasteiger partial charge < -0.3 is 10.2 Å². The summed E-state index contributed by atoms with van der Waals surface area (Å²) in [5.41, 5.74) is 1.42. The van der Waals surface area contributed by atoms with E-state index in [2.05, 4.69) is 20.8 Å². The van der Waals surface area contributed by atoms with Gasteiger partial charge in [0.05, 0.1) is 12.2 Å². The van der Waals surface area contributed by atoms with Crippen molar-refractivity contribution in [3.05, 3.63) is 11.1 Å². The van der Waals surface area contributed by atoms with Crippen LogP contribution in [-0.4, -0.2) is 28.7 Å². The zero-order valence-corrected chi connectivity index (χ0v) is 11.7. The van der Waals surface area contributed by atoms with E-state index in [1.165, 1.54) is 0 Å². The van der Waals surface area contributed by atoms with Crippen molar-refractivity contribution in [3.63, 3.8) is 0 Å². The maximum absolute atomic E-state index is 11.0. The number of hydrogen-bond acceptors (Lipinski definition) is 3. The predicted octanol–water partition coefficient (Wildman–Crippen LogP) is 2.07. The fourth-order valence-corrected chi connectivity index (χ4v) is 4.16. The van der Waals surface area contributed by atoms with E-state index in [1.807, 2.05) is 0 Å². The Morgan fingerprint density at radius 1 is 1.22 bits per heavy atom. The van der Waals surface area contributed by atoms with Crippen LogP contribution in [0.2, 0.25) is 0 Å². The minimum atomic E-state index is -0.504. The Kier molecular flexibility index (Phi) is 3.19. The lowest BCUT2D eigenvalue weighted by molar-refractivity contribution is -0.105. The quantitative estimate of drug-likeness (QED) is 0.584. The minimum absolute atomic E-state index is 0.147. The van der Waals surface area contributed by atoms with Crippen molar-refractivity contribution in [2.75, 3.05) is 0 Å². The molecule has 0 spiro atoms. The van der Waals surface area contributed by atoms with Gasteiger partial charge in [-0.3, -0.25) is 4.79 Å². The van der Waals surface area contributed by atoms with Gasteiger partial charge in [0.25, 0.3) is 0 Å². The van der Waals surface area contributed by atoms with Crippen LogP contribution in [0.4, 0.5) is 0 Å². The molecule has 3 heteroatoms. The van der Waals surface area contributed by atoms with E-state index in [0.717, 1.165) is 24.7 Å². The molecule has 102 valence electrons. The number of carbonyl (C=O) groups excluding carboxylic acids is 1. The molecule has 0 unspecified atom stereocenters. The van der Waals surface area contributed by atoms with Crippen LogP contribution < -0.4 is 0 Å². The first-order valence-corrected chi connectivity index (χ1v) is 6.74.